The molecule has 1 aromatic rings. The summed E-state index contributed by atoms with van der Waals surface area (Å²) in [6.07, 6.45) is 10.1. The lowest BCUT2D eigenvalue weighted by Crippen LogP contribution is -2.10. The number of benzene rings is 1. The van der Waals surface area contributed by atoms with E-state index >= 15 is 0 Å². The van der Waals surface area contributed by atoms with Crippen LogP contribution in [-0.4, -0.2) is 14.1 Å². The normalized spacial score (nSPS) is 9.61. The second kappa shape index (κ2) is 14.3. The summed E-state index contributed by atoms with van der Waals surface area (Å²) < 4.78 is 0. The molecule has 0 saturated heterocycles. The quantitative estimate of drug-likeness (QED) is 0.606. The summed E-state index contributed by atoms with van der Waals surface area (Å²) in [5.41, 5.74) is 4.22. The third-order valence-electron chi connectivity index (χ3n) is 2.97. The predicted octanol–water partition coefficient (Wildman–Crippen LogP) is 4.37. The van der Waals surface area contributed by atoms with Crippen LogP contribution in [0.25, 0.3) is 0 Å². The third-order valence-corrected chi connectivity index (χ3v) is 2.97. The van der Waals surface area contributed by atoms with Gasteiger partial charge in [0.2, 0.25) is 0 Å². The van der Waals surface area contributed by atoms with Crippen molar-refractivity contribution in [1.29, 1.82) is 5.26 Å². The predicted molar refractivity (Wildman–Crippen MR) is 102 cm³/mol. The summed E-state index contributed by atoms with van der Waals surface area (Å²) in [5, 5.41) is 14.0. The Labute approximate surface area is 142 Å². The lowest BCUT2D eigenvalue weighted by Gasteiger charge is -2.13. The highest BCUT2D eigenvalue weighted by Gasteiger charge is 2.05. The fourth-order valence-electron chi connectivity index (χ4n) is 1.80. The van der Waals surface area contributed by atoms with E-state index in [2.05, 4.69) is 67.8 Å². The van der Waals surface area contributed by atoms with Crippen molar-refractivity contribution in [3.8, 4) is 18.9 Å². The molecule has 1 unspecified atom stereocenters. The number of allylic oxidation sites excluding steroid dienone is 2. The number of hydrogen-bond acceptors (Lipinski definition) is 3. The van der Waals surface area contributed by atoms with Gasteiger partial charge in [0.25, 0.3) is 0 Å². The number of nitrogens with one attached hydrogen (secondary N) is 2. The Morgan fingerprint density at radius 1 is 1.22 bits per heavy atom. The van der Waals surface area contributed by atoms with Gasteiger partial charge in [0.15, 0.2) is 0 Å². The molecule has 1 aromatic carbocycles. The lowest BCUT2D eigenvalue weighted by atomic mass is 9.97. The van der Waals surface area contributed by atoms with Crippen LogP contribution in [0.3, 0.4) is 0 Å². The molecule has 1 rings (SSSR count). The van der Waals surface area contributed by atoms with Crippen molar-refractivity contribution < 1.29 is 0 Å². The van der Waals surface area contributed by atoms with Gasteiger partial charge in [0.05, 0.1) is 6.07 Å². The molecular formula is C20H29N3. The summed E-state index contributed by atoms with van der Waals surface area (Å²) in [6.45, 7) is 11.2. The summed E-state index contributed by atoms with van der Waals surface area (Å²) in [6, 6.07) is 10.4. The van der Waals surface area contributed by atoms with E-state index in [0.29, 0.717) is 11.5 Å². The topological polar surface area (TPSA) is 47.9 Å². The zero-order valence-electron chi connectivity index (χ0n) is 14.8. The van der Waals surface area contributed by atoms with Crippen molar-refractivity contribution in [2.24, 2.45) is 5.92 Å². The van der Waals surface area contributed by atoms with Gasteiger partial charge in [-0.2, -0.15) is 5.26 Å². The molecule has 3 nitrogen and oxygen atoms in total. The number of rotatable bonds is 6. The Kier molecular flexibility index (Phi) is 14.1. The Balaban J connectivity index is 0. The van der Waals surface area contributed by atoms with E-state index in [9.17, 15) is 0 Å². The Morgan fingerprint density at radius 3 is 2.04 bits per heavy atom. The van der Waals surface area contributed by atoms with Crippen molar-refractivity contribution in [2.75, 3.05) is 19.4 Å². The Bertz CT molecular complexity index is 518. The van der Waals surface area contributed by atoms with E-state index in [1.165, 1.54) is 5.56 Å². The van der Waals surface area contributed by atoms with Crippen LogP contribution in [0, 0.1) is 30.1 Å². The van der Waals surface area contributed by atoms with Gasteiger partial charge in [-0.05, 0) is 43.4 Å². The van der Waals surface area contributed by atoms with Crippen molar-refractivity contribution in [3.05, 3.63) is 54.3 Å². The molecule has 2 N–H and O–H groups in total. The molecule has 0 aliphatic rings. The van der Waals surface area contributed by atoms with E-state index in [-0.39, 0.29) is 0 Å². The molecule has 1 atom stereocenters. The van der Waals surface area contributed by atoms with Crippen LogP contribution in [0.5, 0.6) is 0 Å². The SMILES string of the molecule is C#C.C=C(C)C#N.C=C(CC(C)Cc1ccc(NC)cc1)NC. The highest BCUT2D eigenvalue weighted by atomic mass is 14.8. The number of anilines is 1. The van der Waals surface area contributed by atoms with E-state index < -0.39 is 0 Å². The first kappa shape index (κ1) is 22.6. The fraction of sp³-hybridized carbons (Fsp3) is 0.350. The van der Waals surface area contributed by atoms with Gasteiger partial charge in [-0.3, -0.25) is 0 Å². The summed E-state index contributed by atoms with van der Waals surface area (Å²) in [5.74, 6) is 0.625. The Hall–Kier alpha value is -2.65. The summed E-state index contributed by atoms with van der Waals surface area (Å²) in [4.78, 5) is 0. The van der Waals surface area contributed by atoms with Gasteiger partial charge < -0.3 is 10.6 Å². The number of hydrogen-bond donors (Lipinski definition) is 2. The Morgan fingerprint density at radius 2 is 1.70 bits per heavy atom. The minimum absolute atomic E-state index is 0.560. The first-order chi connectivity index (χ1) is 10.9. The molecule has 0 fully saturated rings. The van der Waals surface area contributed by atoms with Crippen LogP contribution >= 0.6 is 0 Å². The van der Waals surface area contributed by atoms with Gasteiger partial charge in [-0.15, -0.1) is 12.8 Å². The molecule has 0 aliphatic carbocycles. The van der Waals surface area contributed by atoms with Crippen LogP contribution in [0.1, 0.15) is 25.8 Å². The lowest BCUT2D eigenvalue weighted by molar-refractivity contribution is 0.559. The first-order valence-electron chi connectivity index (χ1n) is 7.44. The summed E-state index contributed by atoms with van der Waals surface area (Å²) >= 11 is 0. The first-order valence-corrected chi connectivity index (χ1v) is 7.44. The van der Waals surface area contributed by atoms with Crippen LogP contribution < -0.4 is 10.6 Å². The van der Waals surface area contributed by atoms with E-state index in [0.717, 1.165) is 24.2 Å². The fourth-order valence-corrected chi connectivity index (χ4v) is 1.80. The molecule has 0 spiro atoms. The molecule has 0 heterocycles. The van der Waals surface area contributed by atoms with Crippen LogP contribution in [-0.2, 0) is 6.42 Å². The zero-order valence-corrected chi connectivity index (χ0v) is 14.8. The standard InChI is InChI=1S/C14H22N2.C4H5N.C2H2/c1-11(9-12(2)15-3)10-13-5-7-14(16-4)8-6-13;1-4(2)3-5;1-2/h5-8,11,15-16H,2,9-10H2,1,3-4H3;1H2,2H3;1-2H. The highest BCUT2D eigenvalue weighted by Crippen LogP contribution is 2.16. The van der Waals surface area contributed by atoms with Gasteiger partial charge in [0, 0.05) is 31.1 Å². The molecule has 124 valence electrons. The van der Waals surface area contributed by atoms with E-state index in [4.69, 9.17) is 5.26 Å². The number of nitrogens with zero attached hydrogens (tertiary/aromatic N) is 1. The average molecular weight is 311 g/mol. The smallest absolute Gasteiger partial charge is 0.0937 e. The second-order valence-electron chi connectivity index (χ2n) is 5.21. The van der Waals surface area contributed by atoms with E-state index in [1.54, 1.807) is 6.92 Å². The monoisotopic (exact) mass is 311 g/mol. The maximum atomic E-state index is 7.79. The van der Waals surface area contributed by atoms with Crippen molar-refractivity contribution >= 4 is 5.69 Å². The van der Waals surface area contributed by atoms with Crippen molar-refractivity contribution in [3.63, 3.8) is 0 Å². The average Bonchev–Trinajstić information content (AvgIpc) is 2.57. The van der Waals surface area contributed by atoms with Gasteiger partial charge >= 0.3 is 0 Å². The molecule has 23 heavy (non-hydrogen) atoms. The zero-order chi connectivity index (χ0) is 18.3. The number of terminal acetylenes is 1. The summed E-state index contributed by atoms with van der Waals surface area (Å²) in [7, 11) is 3.87. The molecule has 3 heteroatoms. The molecule has 0 amide bonds. The minimum atomic E-state index is 0.560. The molecule has 0 bridgehead atoms. The minimum Gasteiger partial charge on any atom is -0.392 e. The van der Waals surface area contributed by atoms with Crippen LogP contribution in [0.15, 0.2) is 48.7 Å². The molecule has 0 radical (unpaired) electrons. The van der Waals surface area contributed by atoms with Crippen molar-refractivity contribution in [2.45, 2.75) is 26.7 Å². The second-order valence-corrected chi connectivity index (χ2v) is 5.21. The number of nitriles is 1. The highest BCUT2D eigenvalue weighted by molar-refractivity contribution is 5.43. The molecule has 0 aromatic heterocycles. The molecule has 0 saturated carbocycles. The maximum Gasteiger partial charge on any atom is 0.0937 e. The molecular weight excluding hydrogens is 282 g/mol. The maximum absolute atomic E-state index is 7.79. The van der Waals surface area contributed by atoms with Crippen LogP contribution in [0.4, 0.5) is 5.69 Å². The largest absolute Gasteiger partial charge is 0.392 e. The van der Waals surface area contributed by atoms with Gasteiger partial charge in [-0.1, -0.05) is 32.2 Å². The van der Waals surface area contributed by atoms with Crippen molar-refractivity contribution in [1.82, 2.24) is 5.32 Å². The molecule has 0 aliphatic heterocycles. The van der Waals surface area contributed by atoms with Crippen LogP contribution in [0.2, 0.25) is 0 Å². The van der Waals surface area contributed by atoms with E-state index in [1.807, 2.05) is 20.2 Å². The van der Waals surface area contributed by atoms with Gasteiger partial charge in [-0.25, -0.2) is 0 Å². The van der Waals surface area contributed by atoms with Gasteiger partial charge in [0.1, 0.15) is 0 Å². The third kappa shape index (κ3) is 12.8.